The first-order chi connectivity index (χ1) is 6.08. The lowest BCUT2D eigenvalue weighted by molar-refractivity contribution is 0.0893. The van der Waals surface area contributed by atoms with Crippen LogP contribution in [0.1, 0.15) is 24.2 Å². The van der Waals surface area contributed by atoms with Gasteiger partial charge < -0.3 is 0 Å². The van der Waals surface area contributed by atoms with Crippen LogP contribution in [0.3, 0.4) is 0 Å². The Kier molecular flexibility index (Phi) is 2.53. The van der Waals surface area contributed by atoms with Gasteiger partial charge in [0.05, 0.1) is 5.41 Å². The number of benzene rings is 1. The van der Waals surface area contributed by atoms with Crippen LogP contribution in [0.2, 0.25) is 0 Å². The molecule has 0 aromatic heterocycles. The third kappa shape index (κ3) is 1.97. The van der Waals surface area contributed by atoms with Crippen molar-refractivity contribution in [1.82, 2.24) is 0 Å². The zero-order chi connectivity index (χ0) is 9.90. The van der Waals surface area contributed by atoms with Gasteiger partial charge in [-0.15, -0.1) is 6.42 Å². The van der Waals surface area contributed by atoms with E-state index < -0.39 is 5.41 Å². The molecule has 0 atom stereocenters. The van der Waals surface area contributed by atoms with Crippen molar-refractivity contribution in [2.75, 3.05) is 0 Å². The maximum Gasteiger partial charge on any atom is 0.180 e. The highest BCUT2D eigenvalue weighted by Crippen LogP contribution is 2.20. The van der Waals surface area contributed by atoms with Gasteiger partial charge in [0, 0.05) is 5.56 Å². The van der Waals surface area contributed by atoms with Crippen LogP contribution >= 0.6 is 0 Å². The minimum absolute atomic E-state index is 0.00407. The summed E-state index contributed by atoms with van der Waals surface area (Å²) in [6.45, 7) is 3.50. The van der Waals surface area contributed by atoms with E-state index in [2.05, 4.69) is 5.92 Å². The Morgan fingerprint density at radius 1 is 1.31 bits per heavy atom. The second-order valence-corrected chi connectivity index (χ2v) is 3.46. The third-order valence-electron chi connectivity index (χ3n) is 1.96. The van der Waals surface area contributed by atoms with Gasteiger partial charge in [-0.2, -0.15) is 0 Å². The smallest absolute Gasteiger partial charge is 0.180 e. The fraction of sp³-hybridized carbons (Fsp3) is 0.250. The topological polar surface area (TPSA) is 17.1 Å². The van der Waals surface area contributed by atoms with E-state index in [9.17, 15) is 4.79 Å². The van der Waals surface area contributed by atoms with E-state index >= 15 is 0 Å². The predicted octanol–water partition coefficient (Wildman–Crippen LogP) is 2.53. The number of terminal acetylenes is 1. The highest BCUT2D eigenvalue weighted by molar-refractivity contribution is 6.01. The Labute approximate surface area is 78.8 Å². The first-order valence-corrected chi connectivity index (χ1v) is 4.15. The molecule has 0 saturated carbocycles. The van der Waals surface area contributed by atoms with Gasteiger partial charge in [-0.05, 0) is 13.8 Å². The largest absolute Gasteiger partial charge is 0.292 e. The van der Waals surface area contributed by atoms with Crippen molar-refractivity contribution in [3.05, 3.63) is 35.9 Å². The molecule has 1 aromatic carbocycles. The zero-order valence-corrected chi connectivity index (χ0v) is 7.87. The zero-order valence-electron chi connectivity index (χ0n) is 7.87. The van der Waals surface area contributed by atoms with Crippen LogP contribution in [0, 0.1) is 17.8 Å². The summed E-state index contributed by atoms with van der Waals surface area (Å²) < 4.78 is 0. The molecular formula is C12H12O. The van der Waals surface area contributed by atoms with Crippen LogP contribution in [0.5, 0.6) is 0 Å². The first kappa shape index (κ1) is 9.54. The quantitative estimate of drug-likeness (QED) is 0.495. The molecule has 1 heteroatoms. The number of hydrogen-bond acceptors (Lipinski definition) is 1. The van der Waals surface area contributed by atoms with Crippen molar-refractivity contribution in [1.29, 1.82) is 0 Å². The van der Waals surface area contributed by atoms with E-state index in [1.54, 1.807) is 26.0 Å². The van der Waals surface area contributed by atoms with E-state index in [1.165, 1.54) is 0 Å². The van der Waals surface area contributed by atoms with Crippen molar-refractivity contribution in [2.45, 2.75) is 13.8 Å². The molecule has 66 valence electrons. The SMILES string of the molecule is C#CC(C)(C)C(=O)c1ccccc1. The number of rotatable bonds is 2. The first-order valence-electron chi connectivity index (χ1n) is 4.15. The average molecular weight is 172 g/mol. The summed E-state index contributed by atoms with van der Waals surface area (Å²) in [5.74, 6) is 2.49. The Morgan fingerprint density at radius 2 is 1.85 bits per heavy atom. The molecule has 13 heavy (non-hydrogen) atoms. The molecule has 0 unspecified atom stereocenters. The predicted molar refractivity (Wildman–Crippen MR) is 53.4 cm³/mol. The highest BCUT2D eigenvalue weighted by Gasteiger charge is 2.25. The van der Waals surface area contributed by atoms with E-state index in [1.807, 2.05) is 18.2 Å². The molecule has 0 saturated heterocycles. The second kappa shape index (κ2) is 3.45. The number of carbonyl (C=O) groups is 1. The fourth-order valence-corrected chi connectivity index (χ4v) is 1.02. The Hall–Kier alpha value is -1.55. The second-order valence-electron chi connectivity index (χ2n) is 3.46. The van der Waals surface area contributed by atoms with Gasteiger partial charge in [-0.1, -0.05) is 36.3 Å². The number of ketones is 1. The summed E-state index contributed by atoms with van der Waals surface area (Å²) in [4.78, 5) is 11.8. The molecule has 0 spiro atoms. The van der Waals surface area contributed by atoms with Gasteiger partial charge >= 0.3 is 0 Å². The molecule has 1 nitrogen and oxygen atoms in total. The van der Waals surface area contributed by atoms with Gasteiger partial charge in [-0.3, -0.25) is 4.79 Å². The Bertz CT molecular complexity index is 341. The van der Waals surface area contributed by atoms with E-state index in [0.717, 1.165) is 0 Å². The van der Waals surface area contributed by atoms with Crippen molar-refractivity contribution in [3.8, 4) is 12.3 Å². The van der Waals surface area contributed by atoms with Crippen LogP contribution in [-0.2, 0) is 0 Å². The monoisotopic (exact) mass is 172 g/mol. The van der Waals surface area contributed by atoms with Crippen LogP contribution < -0.4 is 0 Å². The molecule has 0 amide bonds. The molecule has 0 heterocycles. The molecule has 1 aromatic rings. The van der Waals surface area contributed by atoms with Crippen molar-refractivity contribution >= 4 is 5.78 Å². The summed E-state index contributed by atoms with van der Waals surface area (Å²) in [5, 5.41) is 0. The molecule has 0 bridgehead atoms. The Morgan fingerprint density at radius 3 is 2.31 bits per heavy atom. The highest BCUT2D eigenvalue weighted by atomic mass is 16.1. The molecule has 1 rings (SSSR count). The summed E-state index contributed by atoms with van der Waals surface area (Å²) in [6.07, 6.45) is 5.27. The molecule has 0 fully saturated rings. The van der Waals surface area contributed by atoms with Crippen LogP contribution in [0.4, 0.5) is 0 Å². The summed E-state index contributed by atoms with van der Waals surface area (Å²) in [6, 6.07) is 9.10. The lowest BCUT2D eigenvalue weighted by atomic mass is 9.85. The lowest BCUT2D eigenvalue weighted by Gasteiger charge is -2.15. The van der Waals surface area contributed by atoms with E-state index in [0.29, 0.717) is 5.56 Å². The number of Topliss-reactive ketones (excluding diaryl/α,β-unsaturated/α-hetero) is 1. The minimum Gasteiger partial charge on any atom is -0.292 e. The van der Waals surface area contributed by atoms with Gasteiger partial charge in [0.25, 0.3) is 0 Å². The van der Waals surface area contributed by atoms with Crippen LogP contribution in [0.15, 0.2) is 30.3 Å². The number of hydrogen-bond donors (Lipinski definition) is 0. The van der Waals surface area contributed by atoms with Gasteiger partial charge in [-0.25, -0.2) is 0 Å². The normalized spacial score (nSPS) is 10.5. The lowest BCUT2D eigenvalue weighted by Crippen LogP contribution is -2.21. The molecule has 0 aliphatic carbocycles. The fourth-order valence-electron chi connectivity index (χ4n) is 1.02. The van der Waals surface area contributed by atoms with Crippen molar-refractivity contribution in [2.24, 2.45) is 5.41 Å². The molecule has 0 aliphatic heterocycles. The van der Waals surface area contributed by atoms with E-state index in [-0.39, 0.29) is 5.78 Å². The maximum absolute atomic E-state index is 11.8. The van der Waals surface area contributed by atoms with Crippen LogP contribution in [0.25, 0.3) is 0 Å². The third-order valence-corrected chi connectivity index (χ3v) is 1.96. The van der Waals surface area contributed by atoms with Gasteiger partial charge in [0.1, 0.15) is 0 Å². The molecule has 0 aliphatic rings. The molecule has 0 N–H and O–H groups in total. The summed E-state index contributed by atoms with van der Waals surface area (Å²) in [5.41, 5.74) is -0.0353. The maximum atomic E-state index is 11.8. The van der Waals surface area contributed by atoms with Crippen molar-refractivity contribution in [3.63, 3.8) is 0 Å². The van der Waals surface area contributed by atoms with Crippen LogP contribution in [-0.4, -0.2) is 5.78 Å². The standard InChI is InChI=1S/C12H12O/c1-4-12(2,3)11(13)10-8-6-5-7-9-10/h1,5-9H,2-3H3. The average Bonchev–Trinajstić information content (AvgIpc) is 2.18. The minimum atomic E-state index is -0.707. The number of carbonyl (C=O) groups excluding carboxylic acids is 1. The summed E-state index contributed by atoms with van der Waals surface area (Å²) in [7, 11) is 0. The summed E-state index contributed by atoms with van der Waals surface area (Å²) >= 11 is 0. The molecular weight excluding hydrogens is 160 g/mol. The molecule has 0 radical (unpaired) electrons. The van der Waals surface area contributed by atoms with Gasteiger partial charge in [0.15, 0.2) is 5.78 Å². The van der Waals surface area contributed by atoms with Crippen molar-refractivity contribution < 1.29 is 4.79 Å². The van der Waals surface area contributed by atoms with E-state index in [4.69, 9.17) is 6.42 Å². The van der Waals surface area contributed by atoms with Gasteiger partial charge in [0.2, 0.25) is 0 Å². The Balaban J connectivity index is 3.01.